The molecule has 4 nitrogen and oxygen atoms in total. The molecule has 2 atom stereocenters. The minimum atomic E-state index is -0.649. The number of aromatic nitrogens is 4. The number of hydrogen-bond donors (Lipinski definition) is 0. The fourth-order valence-corrected chi connectivity index (χ4v) is 4.27. The summed E-state index contributed by atoms with van der Waals surface area (Å²) in [5, 5.41) is 5.65. The summed E-state index contributed by atoms with van der Waals surface area (Å²) >= 11 is 0. The van der Waals surface area contributed by atoms with E-state index in [4.69, 9.17) is 4.98 Å². The first-order chi connectivity index (χ1) is 14.2. The maximum Gasteiger partial charge on any atom is 0.100 e. The van der Waals surface area contributed by atoms with E-state index in [9.17, 15) is 4.39 Å². The molecule has 0 saturated heterocycles. The van der Waals surface area contributed by atoms with Crippen molar-refractivity contribution in [1.29, 1.82) is 0 Å². The number of hydrogen-bond acceptors (Lipinski definition) is 3. The van der Waals surface area contributed by atoms with Gasteiger partial charge in [-0.2, -0.15) is 5.10 Å². The summed E-state index contributed by atoms with van der Waals surface area (Å²) in [6.07, 6.45) is 7.38. The van der Waals surface area contributed by atoms with E-state index in [0.29, 0.717) is 18.8 Å². The van der Waals surface area contributed by atoms with Gasteiger partial charge in [-0.25, -0.2) is 4.39 Å². The summed E-state index contributed by atoms with van der Waals surface area (Å²) in [5.74, 6) is 0.375. The highest BCUT2D eigenvalue weighted by molar-refractivity contribution is 5.87. The topological polar surface area (TPSA) is 43.6 Å². The van der Waals surface area contributed by atoms with Gasteiger partial charge in [-0.1, -0.05) is 24.3 Å². The Morgan fingerprint density at radius 2 is 2.03 bits per heavy atom. The van der Waals surface area contributed by atoms with Crippen LogP contribution in [0, 0.1) is 12.8 Å². The third-order valence-electron chi connectivity index (χ3n) is 5.78. The number of alkyl halides is 1. The zero-order chi connectivity index (χ0) is 19.8. The van der Waals surface area contributed by atoms with Crippen LogP contribution in [0.25, 0.3) is 33.3 Å². The summed E-state index contributed by atoms with van der Waals surface area (Å²) in [7, 11) is 0. The minimum Gasteiger partial charge on any atom is -0.272 e. The van der Waals surface area contributed by atoms with Crippen molar-refractivity contribution in [2.24, 2.45) is 5.92 Å². The molecular formula is C24H23FN4. The van der Waals surface area contributed by atoms with Crippen LogP contribution in [0.15, 0.2) is 61.1 Å². The number of halogens is 1. The van der Waals surface area contributed by atoms with E-state index in [2.05, 4.69) is 46.6 Å². The van der Waals surface area contributed by atoms with Crippen LogP contribution in [-0.2, 0) is 6.54 Å². The van der Waals surface area contributed by atoms with Gasteiger partial charge in [0.05, 0.1) is 17.4 Å². The highest BCUT2D eigenvalue weighted by Gasteiger charge is 2.24. The maximum absolute atomic E-state index is 13.5. The number of nitrogens with zero attached hydrogens (tertiary/aromatic N) is 4. The Morgan fingerprint density at radius 1 is 1.10 bits per heavy atom. The molecule has 5 rings (SSSR count). The Bertz CT molecular complexity index is 1170. The lowest BCUT2D eigenvalue weighted by Crippen LogP contribution is -2.08. The number of fused-ring (bicyclic) bond motifs is 1. The van der Waals surface area contributed by atoms with E-state index in [1.807, 2.05) is 36.1 Å². The van der Waals surface area contributed by atoms with Crippen LogP contribution in [0.3, 0.4) is 0 Å². The number of pyridine rings is 2. The summed E-state index contributed by atoms with van der Waals surface area (Å²) in [4.78, 5) is 9.32. The first-order valence-corrected chi connectivity index (χ1v) is 10.2. The second-order valence-corrected chi connectivity index (χ2v) is 7.99. The summed E-state index contributed by atoms with van der Waals surface area (Å²) in [5.41, 5.74) is 5.98. The van der Waals surface area contributed by atoms with Crippen LogP contribution < -0.4 is 0 Å². The molecule has 0 amide bonds. The monoisotopic (exact) mass is 386 g/mol. The third-order valence-corrected chi connectivity index (χ3v) is 5.78. The largest absolute Gasteiger partial charge is 0.272 e. The van der Waals surface area contributed by atoms with Gasteiger partial charge in [0.15, 0.2) is 0 Å². The average Bonchev–Trinajstić information content (AvgIpc) is 3.36. The molecule has 3 aromatic heterocycles. The summed E-state index contributed by atoms with van der Waals surface area (Å²) in [6, 6.07) is 14.4. The summed E-state index contributed by atoms with van der Waals surface area (Å²) in [6.45, 7) is 2.78. The average molecular weight is 386 g/mol. The van der Waals surface area contributed by atoms with E-state index in [-0.39, 0.29) is 0 Å². The number of aryl methyl sites for hydroxylation is 1. The molecule has 29 heavy (non-hydrogen) atoms. The van der Waals surface area contributed by atoms with E-state index in [1.165, 1.54) is 0 Å². The van der Waals surface area contributed by atoms with Gasteiger partial charge in [0, 0.05) is 46.7 Å². The highest BCUT2D eigenvalue weighted by Crippen LogP contribution is 2.33. The fourth-order valence-electron chi connectivity index (χ4n) is 4.27. The minimum absolute atomic E-state index is 0.375. The van der Waals surface area contributed by atoms with E-state index in [1.54, 1.807) is 0 Å². The van der Waals surface area contributed by atoms with Crippen LogP contribution in [0.1, 0.15) is 25.0 Å². The van der Waals surface area contributed by atoms with Gasteiger partial charge in [-0.05, 0) is 50.3 Å². The molecule has 1 aliphatic carbocycles. The van der Waals surface area contributed by atoms with Gasteiger partial charge in [-0.15, -0.1) is 0 Å². The summed E-state index contributed by atoms with van der Waals surface area (Å²) < 4.78 is 15.4. The van der Waals surface area contributed by atoms with Crippen molar-refractivity contribution in [2.45, 2.75) is 38.9 Å². The van der Waals surface area contributed by atoms with Gasteiger partial charge in [0.1, 0.15) is 6.17 Å². The Balaban J connectivity index is 1.51. The van der Waals surface area contributed by atoms with Crippen molar-refractivity contribution >= 4 is 10.9 Å². The van der Waals surface area contributed by atoms with Gasteiger partial charge >= 0.3 is 0 Å². The Morgan fingerprint density at radius 3 is 2.90 bits per heavy atom. The molecule has 1 aromatic carbocycles. The van der Waals surface area contributed by atoms with Crippen LogP contribution in [0.2, 0.25) is 0 Å². The quantitative estimate of drug-likeness (QED) is 0.458. The molecular weight excluding hydrogens is 363 g/mol. The van der Waals surface area contributed by atoms with Crippen LogP contribution in [-0.4, -0.2) is 25.9 Å². The molecule has 0 aliphatic heterocycles. The van der Waals surface area contributed by atoms with Gasteiger partial charge < -0.3 is 0 Å². The van der Waals surface area contributed by atoms with Crippen molar-refractivity contribution < 1.29 is 4.39 Å². The van der Waals surface area contributed by atoms with Crippen molar-refractivity contribution in [3.8, 4) is 22.4 Å². The van der Waals surface area contributed by atoms with Crippen LogP contribution in [0.4, 0.5) is 4.39 Å². The van der Waals surface area contributed by atoms with E-state index in [0.717, 1.165) is 51.9 Å². The smallest absolute Gasteiger partial charge is 0.100 e. The fraction of sp³-hybridized carbons (Fsp3) is 0.292. The molecule has 1 fully saturated rings. The number of rotatable bonds is 4. The molecule has 3 heterocycles. The van der Waals surface area contributed by atoms with Gasteiger partial charge in [0.2, 0.25) is 0 Å². The molecule has 0 radical (unpaired) electrons. The molecule has 0 bridgehead atoms. The third kappa shape index (κ3) is 3.65. The predicted molar refractivity (Wildman–Crippen MR) is 113 cm³/mol. The second kappa shape index (κ2) is 7.39. The molecule has 0 spiro atoms. The maximum atomic E-state index is 13.5. The van der Waals surface area contributed by atoms with Crippen molar-refractivity contribution in [2.75, 3.05) is 0 Å². The van der Waals surface area contributed by atoms with E-state index >= 15 is 0 Å². The first kappa shape index (κ1) is 18.0. The number of benzene rings is 1. The van der Waals surface area contributed by atoms with Gasteiger partial charge in [0.25, 0.3) is 0 Å². The van der Waals surface area contributed by atoms with Crippen molar-refractivity contribution in [3.63, 3.8) is 0 Å². The molecule has 0 N–H and O–H groups in total. The predicted octanol–water partition coefficient (Wildman–Crippen LogP) is 5.61. The second-order valence-electron chi connectivity index (χ2n) is 7.99. The first-order valence-electron chi connectivity index (χ1n) is 10.2. The van der Waals surface area contributed by atoms with Crippen molar-refractivity contribution in [3.05, 3.63) is 66.7 Å². The molecule has 0 unspecified atom stereocenters. The standard InChI is InChI=1S/C24H23FN4/c1-16-4-9-22(20-13-27-29(15-20)14-17-5-8-21(25)11-17)24(28-16)19-7-6-18-3-2-10-26-23(18)12-19/h2-4,6-7,9-10,12-13,15,17,21H,5,8,11,14H2,1H3/t17-,21-/m0/s1. The lowest BCUT2D eigenvalue weighted by Gasteiger charge is -2.10. The lowest BCUT2D eigenvalue weighted by atomic mass is 10.00. The van der Waals surface area contributed by atoms with Crippen LogP contribution in [0.5, 0.6) is 0 Å². The SMILES string of the molecule is Cc1ccc(-c2cnn(C[C@H]3CC[C@H](F)C3)c2)c(-c2ccc3cccnc3c2)n1. The Labute approximate surface area is 169 Å². The molecule has 4 aromatic rings. The molecule has 1 aliphatic rings. The van der Waals surface area contributed by atoms with Crippen molar-refractivity contribution in [1.82, 2.24) is 19.7 Å². The Hall–Kier alpha value is -3.08. The van der Waals surface area contributed by atoms with Gasteiger partial charge in [-0.3, -0.25) is 14.6 Å². The zero-order valence-corrected chi connectivity index (χ0v) is 16.4. The zero-order valence-electron chi connectivity index (χ0n) is 16.4. The van der Waals surface area contributed by atoms with Crippen LogP contribution >= 0.6 is 0 Å². The lowest BCUT2D eigenvalue weighted by molar-refractivity contribution is 0.320. The Kier molecular flexibility index (Phi) is 4.58. The molecule has 5 heteroatoms. The molecule has 1 saturated carbocycles. The van der Waals surface area contributed by atoms with E-state index < -0.39 is 6.17 Å². The highest BCUT2D eigenvalue weighted by atomic mass is 19.1. The normalized spacial score (nSPS) is 19.1. The molecule has 146 valence electrons.